The minimum absolute atomic E-state index is 0.386. The lowest BCUT2D eigenvalue weighted by atomic mass is 10.1. The van der Waals surface area contributed by atoms with Crippen LogP contribution in [0, 0.1) is 0 Å². The molecule has 0 spiro atoms. The maximum absolute atomic E-state index is 11.8. The average Bonchev–Trinajstić information content (AvgIpc) is 2.61. The normalized spacial score (nSPS) is 11.5. The highest BCUT2D eigenvalue weighted by atomic mass is 35.5. The van der Waals surface area contributed by atoms with Gasteiger partial charge in [0.15, 0.2) is 12.7 Å². The van der Waals surface area contributed by atoms with E-state index in [4.69, 9.17) is 21.1 Å². The molecular formula is C17H17ClN2O5. The van der Waals surface area contributed by atoms with Crippen molar-refractivity contribution in [3.8, 4) is 5.75 Å². The summed E-state index contributed by atoms with van der Waals surface area (Å²) in [7, 11) is 1.36. The predicted octanol–water partition coefficient (Wildman–Crippen LogP) is 2.26. The van der Waals surface area contributed by atoms with Gasteiger partial charge in [-0.05, 0) is 19.1 Å². The molecule has 1 atom stereocenters. The molecule has 0 unspecified atom stereocenters. The standard InChI is InChI=1S/C17H17ClN2O5/c1-10(16(22)20-17(23)19-2)25-15(21)9-24-14-8-7-13(18)11-5-3-4-6-12(11)14/h3-8,10H,9H2,1-2H3,(H2,19,20,22,23)/t10-/m1/s1. The van der Waals surface area contributed by atoms with Gasteiger partial charge in [0.2, 0.25) is 0 Å². The number of carbonyl (C=O) groups is 3. The number of halogens is 1. The topological polar surface area (TPSA) is 93.7 Å². The zero-order valence-electron chi connectivity index (χ0n) is 13.7. The third-order valence-electron chi connectivity index (χ3n) is 3.32. The molecule has 0 aromatic heterocycles. The van der Waals surface area contributed by atoms with Crippen molar-refractivity contribution in [3.05, 3.63) is 41.4 Å². The molecule has 25 heavy (non-hydrogen) atoms. The van der Waals surface area contributed by atoms with E-state index in [1.807, 2.05) is 29.6 Å². The van der Waals surface area contributed by atoms with Crippen LogP contribution in [-0.2, 0) is 14.3 Å². The van der Waals surface area contributed by atoms with Gasteiger partial charge in [-0.1, -0.05) is 35.9 Å². The second kappa shape index (κ2) is 8.34. The zero-order chi connectivity index (χ0) is 18.4. The van der Waals surface area contributed by atoms with Crippen molar-refractivity contribution in [1.29, 1.82) is 0 Å². The van der Waals surface area contributed by atoms with Gasteiger partial charge < -0.3 is 14.8 Å². The van der Waals surface area contributed by atoms with Gasteiger partial charge in [-0.25, -0.2) is 9.59 Å². The summed E-state index contributed by atoms with van der Waals surface area (Å²) in [5, 5.41) is 6.37. The first-order valence-electron chi connectivity index (χ1n) is 7.44. The van der Waals surface area contributed by atoms with Gasteiger partial charge in [0, 0.05) is 22.8 Å². The Hall–Kier alpha value is -2.80. The SMILES string of the molecule is CNC(=O)NC(=O)[C@@H](C)OC(=O)COc1ccc(Cl)c2ccccc12. The first-order chi connectivity index (χ1) is 11.9. The fourth-order valence-corrected chi connectivity index (χ4v) is 2.29. The number of carbonyl (C=O) groups excluding carboxylic acids is 3. The van der Waals surface area contributed by atoms with Gasteiger partial charge in [0.1, 0.15) is 5.75 Å². The molecule has 0 heterocycles. The van der Waals surface area contributed by atoms with Gasteiger partial charge in [-0.2, -0.15) is 0 Å². The van der Waals surface area contributed by atoms with Crippen molar-refractivity contribution in [1.82, 2.24) is 10.6 Å². The van der Waals surface area contributed by atoms with Crippen LogP contribution >= 0.6 is 11.6 Å². The smallest absolute Gasteiger partial charge is 0.344 e. The van der Waals surface area contributed by atoms with Crippen molar-refractivity contribution < 1.29 is 23.9 Å². The van der Waals surface area contributed by atoms with Gasteiger partial charge in [0.25, 0.3) is 5.91 Å². The molecule has 8 heteroatoms. The van der Waals surface area contributed by atoms with Gasteiger partial charge in [0.05, 0.1) is 0 Å². The molecule has 0 saturated carbocycles. The molecule has 0 aliphatic rings. The van der Waals surface area contributed by atoms with Crippen molar-refractivity contribution in [2.75, 3.05) is 13.7 Å². The molecule has 0 aliphatic carbocycles. The van der Waals surface area contributed by atoms with E-state index in [1.165, 1.54) is 14.0 Å². The predicted molar refractivity (Wildman–Crippen MR) is 92.6 cm³/mol. The Morgan fingerprint density at radius 2 is 1.80 bits per heavy atom. The molecule has 0 radical (unpaired) electrons. The second-order valence-corrected chi connectivity index (χ2v) is 5.49. The summed E-state index contributed by atoms with van der Waals surface area (Å²) < 4.78 is 10.4. The number of amides is 3. The summed E-state index contributed by atoms with van der Waals surface area (Å²) in [4.78, 5) is 34.5. The van der Waals surface area contributed by atoms with Crippen molar-refractivity contribution in [2.45, 2.75) is 13.0 Å². The van der Waals surface area contributed by atoms with E-state index in [0.29, 0.717) is 10.8 Å². The van der Waals surface area contributed by atoms with E-state index >= 15 is 0 Å². The van der Waals surface area contributed by atoms with Crippen LogP contribution in [0.3, 0.4) is 0 Å². The van der Waals surface area contributed by atoms with Crippen LogP contribution in [0.2, 0.25) is 5.02 Å². The molecule has 2 aromatic carbocycles. The summed E-state index contributed by atoms with van der Waals surface area (Å²) in [5.74, 6) is -0.998. The number of imide groups is 1. The highest BCUT2D eigenvalue weighted by Crippen LogP contribution is 2.31. The number of esters is 1. The molecule has 0 fully saturated rings. The van der Waals surface area contributed by atoms with E-state index in [0.717, 1.165) is 10.8 Å². The lowest BCUT2D eigenvalue weighted by Gasteiger charge is -2.14. The Morgan fingerprint density at radius 1 is 1.12 bits per heavy atom. The van der Waals surface area contributed by atoms with Crippen LogP contribution in [0.1, 0.15) is 6.92 Å². The van der Waals surface area contributed by atoms with E-state index in [-0.39, 0.29) is 6.61 Å². The second-order valence-electron chi connectivity index (χ2n) is 5.08. The fourth-order valence-electron chi connectivity index (χ4n) is 2.06. The molecule has 132 valence electrons. The Balaban J connectivity index is 1.95. The lowest BCUT2D eigenvalue weighted by molar-refractivity contribution is -0.156. The number of hydrogen-bond acceptors (Lipinski definition) is 5. The summed E-state index contributed by atoms with van der Waals surface area (Å²) in [6.07, 6.45) is -1.13. The minimum Gasteiger partial charge on any atom is -0.481 e. The Bertz CT molecular complexity index is 809. The van der Waals surface area contributed by atoms with E-state index in [1.54, 1.807) is 12.1 Å². The molecule has 2 aromatic rings. The van der Waals surface area contributed by atoms with Crippen LogP contribution < -0.4 is 15.4 Å². The third-order valence-corrected chi connectivity index (χ3v) is 3.65. The van der Waals surface area contributed by atoms with Gasteiger partial charge in [-0.3, -0.25) is 10.1 Å². The average molecular weight is 365 g/mol. The maximum atomic E-state index is 11.8. The van der Waals surface area contributed by atoms with Crippen LogP contribution in [0.4, 0.5) is 4.79 Å². The molecule has 0 aliphatic heterocycles. The van der Waals surface area contributed by atoms with Gasteiger partial charge in [-0.15, -0.1) is 0 Å². The molecule has 0 saturated heterocycles. The summed E-state index contributed by atoms with van der Waals surface area (Å²) >= 11 is 6.12. The summed E-state index contributed by atoms with van der Waals surface area (Å²) in [6, 6.07) is 9.98. The number of urea groups is 1. The largest absolute Gasteiger partial charge is 0.481 e. The van der Waals surface area contributed by atoms with E-state index < -0.39 is 24.0 Å². The number of benzene rings is 2. The Morgan fingerprint density at radius 3 is 2.48 bits per heavy atom. The molecule has 7 nitrogen and oxygen atoms in total. The van der Waals surface area contributed by atoms with E-state index in [2.05, 4.69) is 5.32 Å². The van der Waals surface area contributed by atoms with Crippen LogP contribution in [0.5, 0.6) is 5.75 Å². The highest BCUT2D eigenvalue weighted by Gasteiger charge is 2.20. The van der Waals surface area contributed by atoms with Crippen LogP contribution in [0.25, 0.3) is 10.8 Å². The van der Waals surface area contributed by atoms with Crippen LogP contribution in [-0.4, -0.2) is 37.7 Å². The van der Waals surface area contributed by atoms with Crippen molar-refractivity contribution >= 4 is 40.3 Å². The minimum atomic E-state index is -1.13. The monoisotopic (exact) mass is 364 g/mol. The summed E-state index contributed by atoms with van der Waals surface area (Å²) in [5.41, 5.74) is 0. The maximum Gasteiger partial charge on any atom is 0.344 e. The molecule has 3 amide bonds. The molecule has 0 bridgehead atoms. The van der Waals surface area contributed by atoms with E-state index in [9.17, 15) is 14.4 Å². The first kappa shape index (κ1) is 18.5. The zero-order valence-corrected chi connectivity index (χ0v) is 14.4. The third kappa shape index (κ3) is 4.84. The Labute approximate surface area is 149 Å². The molecular weight excluding hydrogens is 348 g/mol. The molecule has 2 rings (SSSR count). The number of fused-ring (bicyclic) bond motifs is 1. The summed E-state index contributed by atoms with van der Waals surface area (Å²) in [6.45, 7) is 0.969. The van der Waals surface area contributed by atoms with Gasteiger partial charge >= 0.3 is 12.0 Å². The number of rotatable bonds is 5. The number of ether oxygens (including phenoxy) is 2. The van der Waals surface area contributed by atoms with Crippen molar-refractivity contribution in [2.24, 2.45) is 0 Å². The quantitative estimate of drug-likeness (QED) is 0.794. The van der Waals surface area contributed by atoms with Crippen molar-refractivity contribution in [3.63, 3.8) is 0 Å². The molecule has 2 N–H and O–H groups in total. The Kier molecular flexibility index (Phi) is 6.19. The first-order valence-corrected chi connectivity index (χ1v) is 7.82. The highest BCUT2D eigenvalue weighted by molar-refractivity contribution is 6.35. The number of hydrogen-bond donors (Lipinski definition) is 2. The van der Waals surface area contributed by atoms with Crippen LogP contribution in [0.15, 0.2) is 36.4 Å². The lowest BCUT2D eigenvalue weighted by Crippen LogP contribution is -2.43. The fraction of sp³-hybridized carbons (Fsp3) is 0.235. The number of nitrogens with one attached hydrogen (secondary N) is 2.